The van der Waals surface area contributed by atoms with Crippen molar-refractivity contribution in [3.8, 4) is 28.7 Å². The molecule has 8 heteroatoms. The second-order valence-corrected chi connectivity index (χ2v) is 7.95. The molecule has 4 rings (SSSR count). The Balaban J connectivity index is 1.66. The summed E-state index contributed by atoms with van der Waals surface area (Å²) in [6.07, 6.45) is 0. The van der Waals surface area contributed by atoms with Crippen molar-refractivity contribution in [2.75, 3.05) is 7.11 Å². The lowest BCUT2D eigenvalue weighted by Crippen LogP contribution is -2.23. The lowest BCUT2D eigenvalue weighted by Gasteiger charge is -2.15. The van der Waals surface area contributed by atoms with E-state index in [-0.39, 0.29) is 23.6 Å². The number of esters is 1. The van der Waals surface area contributed by atoms with E-state index in [0.717, 1.165) is 12.1 Å². The summed E-state index contributed by atoms with van der Waals surface area (Å²) in [5.74, 6) is -2.58. The molecule has 6 nitrogen and oxygen atoms in total. The van der Waals surface area contributed by atoms with Crippen LogP contribution in [0.1, 0.15) is 31.8 Å². The van der Waals surface area contributed by atoms with Gasteiger partial charge in [0.2, 0.25) is 0 Å². The van der Waals surface area contributed by atoms with Crippen molar-refractivity contribution >= 4 is 11.9 Å². The number of nitriles is 1. The molecule has 1 N–H and O–H groups in total. The molecule has 1 amide bonds. The third kappa shape index (κ3) is 5.97. The molecule has 0 aromatic heterocycles. The Hall–Kier alpha value is -5.03. The van der Waals surface area contributed by atoms with Crippen molar-refractivity contribution in [3.05, 3.63) is 119 Å². The molecule has 0 saturated carbocycles. The molecule has 0 heterocycles. The summed E-state index contributed by atoms with van der Waals surface area (Å²) < 4.78 is 39.0. The zero-order valence-corrected chi connectivity index (χ0v) is 19.6. The number of nitrogens with one attached hydrogen (secondary N) is 1. The van der Waals surface area contributed by atoms with E-state index in [1.165, 1.54) is 31.4 Å². The standard InChI is InChI=1S/C29H20F2N2O4/c1-36-29(35)20-7-5-18(6-8-20)17-33-28(34)25-14-22(21-4-2-3-19(13-21)16-32)15-26(31)27(25)37-24-11-9-23(30)10-12-24/h2-15H,17H2,1H3,(H,33,34). The molecule has 0 bridgehead atoms. The number of hydrogen-bond donors (Lipinski definition) is 1. The van der Waals surface area contributed by atoms with Gasteiger partial charge in [-0.25, -0.2) is 13.6 Å². The van der Waals surface area contributed by atoms with Gasteiger partial charge in [-0.15, -0.1) is 0 Å². The minimum Gasteiger partial charge on any atom is -0.465 e. The predicted octanol–water partition coefficient (Wildman–Crippen LogP) is 6.01. The van der Waals surface area contributed by atoms with Gasteiger partial charge in [-0.2, -0.15) is 5.26 Å². The first-order valence-corrected chi connectivity index (χ1v) is 11.1. The maximum absolute atomic E-state index is 15.3. The summed E-state index contributed by atoms with van der Waals surface area (Å²) in [6.45, 7) is 0.0893. The first-order chi connectivity index (χ1) is 17.9. The minimum absolute atomic E-state index is 0.0893. The van der Waals surface area contributed by atoms with E-state index in [1.807, 2.05) is 6.07 Å². The van der Waals surface area contributed by atoms with Gasteiger partial charge in [-0.05, 0) is 77.4 Å². The van der Waals surface area contributed by atoms with Gasteiger partial charge in [0, 0.05) is 6.54 Å². The fourth-order valence-electron chi connectivity index (χ4n) is 3.58. The normalized spacial score (nSPS) is 10.3. The van der Waals surface area contributed by atoms with Crippen LogP contribution >= 0.6 is 0 Å². The van der Waals surface area contributed by atoms with Crippen LogP contribution in [-0.2, 0) is 11.3 Å². The van der Waals surface area contributed by atoms with Crippen LogP contribution in [-0.4, -0.2) is 19.0 Å². The van der Waals surface area contributed by atoms with Crippen LogP contribution in [0.25, 0.3) is 11.1 Å². The molecule has 4 aromatic rings. The highest BCUT2D eigenvalue weighted by Crippen LogP contribution is 2.34. The largest absolute Gasteiger partial charge is 0.465 e. The first-order valence-electron chi connectivity index (χ1n) is 11.1. The third-order valence-corrected chi connectivity index (χ3v) is 5.47. The number of halogens is 2. The quantitative estimate of drug-likeness (QED) is 0.315. The van der Waals surface area contributed by atoms with Crippen LogP contribution in [0.3, 0.4) is 0 Å². The monoisotopic (exact) mass is 498 g/mol. The fraction of sp³-hybridized carbons (Fsp3) is 0.0690. The van der Waals surface area contributed by atoms with Crippen molar-refractivity contribution in [2.24, 2.45) is 0 Å². The Labute approximate surface area is 211 Å². The summed E-state index contributed by atoms with van der Waals surface area (Å²) >= 11 is 0. The van der Waals surface area contributed by atoms with E-state index in [0.29, 0.717) is 27.8 Å². The lowest BCUT2D eigenvalue weighted by molar-refractivity contribution is 0.0600. The molecule has 37 heavy (non-hydrogen) atoms. The highest BCUT2D eigenvalue weighted by molar-refractivity contribution is 5.98. The molecule has 0 aliphatic rings. The number of carbonyl (C=O) groups is 2. The number of hydrogen-bond acceptors (Lipinski definition) is 5. The lowest BCUT2D eigenvalue weighted by atomic mass is 10.00. The number of ether oxygens (including phenoxy) is 2. The van der Waals surface area contributed by atoms with Crippen molar-refractivity contribution < 1.29 is 27.8 Å². The van der Waals surface area contributed by atoms with Gasteiger partial charge in [0.25, 0.3) is 5.91 Å². The topological polar surface area (TPSA) is 88.4 Å². The summed E-state index contributed by atoms with van der Waals surface area (Å²) in [4.78, 5) is 24.8. The van der Waals surface area contributed by atoms with Crippen LogP contribution in [0.4, 0.5) is 8.78 Å². The van der Waals surface area contributed by atoms with Gasteiger partial charge in [0.15, 0.2) is 11.6 Å². The van der Waals surface area contributed by atoms with Crippen LogP contribution in [0.15, 0.2) is 84.9 Å². The fourth-order valence-corrected chi connectivity index (χ4v) is 3.58. The smallest absolute Gasteiger partial charge is 0.337 e. The molecular formula is C29H20F2N2O4. The number of methoxy groups -OCH3 is 1. The molecule has 0 atom stereocenters. The zero-order chi connectivity index (χ0) is 26.4. The highest BCUT2D eigenvalue weighted by atomic mass is 19.1. The van der Waals surface area contributed by atoms with Crippen molar-refractivity contribution in [3.63, 3.8) is 0 Å². The third-order valence-electron chi connectivity index (χ3n) is 5.47. The Bertz CT molecular complexity index is 1490. The van der Waals surface area contributed by atoms with E-state index < -0.39 is 23.5 Å². The van der Waals surface area contributed by atoms with Gasteiger partial charge in [0.05, 0.1) is 29.9 Å². The van der Waals surface area contributed by atoms with Gasteiger partial charge in [0.1, 0.15) is 11.6 Å². The second kappa shape index (κ2) is 11.1. The predicted molar refractivity (Wildman–Crippen MR) is 132 cm³/mol. The number of amides is 1. The van der Waals surface area contributed by atoms with E-state index in [4.69, 9.17) is 4.74 Å². The Morgan fingerprint density at radius 2 is 1.65 bits per heavy atom. The van der Waals surface area contributed by atoms with E-state index in [1.54, 1.807) is 48.5 Å². The number of nitrogens with zero attached hydrogens (tertiary/aromatic N) is 1. The molecule has 0 spiro atoms. The number of rotatable bonds is 7. The molecule has 0 aliphatic heterocycles. The van der Waals surface area contributed by atoms with Gasteiger partial charge >= 0.3 is 5.97 Å². The average molecular weight is 498 g/mol. The van der Waals surface area contributed by atoms with Gasteiger partial charge < -0.3 is 14.8 Å². The van der Waals surface area contributed by atoms with Crippen LogP contribution in [0.2, 0.25) is 0 Å². The molecule has 0 unspecified atom stereocenters. The van der Waals surface area contributed by atoms with Crippen molar-refractivity contribution in [1.82, 2.24) is 5.32 Å². The molecule has 4 aromatic carbocycles. The maximum atomic E-state index is 15.3. The summed E-state index contributed by atoms with van der Waals surface area (Å²) in [7, 11) is 1.28. The van der Waals surface area contributed by atoms with Crippen LogP contribution in [0, 0.1) is 23.0 Å². The van der Waals surface area contributed by atoms with Crippen LogP contribution < -0.4 is 10.1 Å². The molecule has 0 aliphatic carbocycles. The average Bonchev–Trinajstić information content (AvgIpc) is 2.93. The van der Waals surface area contributed by atoms with Crippen molar-refractivity contribution in [2.45, 2.75) is 6.54 Å². The highest BCUT2D eigenvalue weighted by Gasteiger charge is 2.20. The van der Waals surface area contributed by atoms with E-state index >= 15 is 4.39 Å². The minimum atomic E-state index is -0.809. The van der Waals surface area contributed by atoms with Crippen LogP contribution in [0.5, 0.6) is 11.5 Å². The summed E-state index contributed by atoms with van der Waals surface area (Å²) in [6, 6.07) is 22.7. The SMILES string of the molecule is COC(=O)c1ccc(CNC(=O)c2cc(-c3cccc(C#N)c3)cc(F)c2Oc2ccc(F)cc2)cc1. The van der Waals surface area contributed by atoms with Gasteiger partial charge in [-0.1, -0.05) is 24.3 Å². The molecule has 0 saturated heterocycles. The first kappa shape index (κ1) is 25.1. The molecule has 0 radical (unpaired) electrons. The van der Waals surface area contributed by atoms with Crippen molar-refractivity contribution in [1.29, 1.82) is 5.26 Å². The maximum Gasteiger partial charge on any atom is 0.337 e. The Kier molecular flexibility index (Phi) is 7.55. The Morgan fingerprint density at radius 1 is 0.919 bits per heavy atom. The number of carbonyl (C=O) groups excluding carboxylic acids is 2. The van der Waals surface area contributed by atoms with E-state index in [2.05, 4.69) is 10.1 Å². The second-order valence-electron chi connectivity index (χ2n) is 7.95. The molecular weight excluding hydrogens is 478 g/mol. The van der Waals surface area contributed by atoms with Gasteiger partial charge in [-0.3, -0.25) is 4.79 Å². The summed E-state index contributed by atoms with van der Waals surface area (Å²) in [5.41, 5.74) is 2.26. The van der Waals surface area contributed by atoms with E-state index in [9.17, 15) is 19.2 Å². The molecule has 0 fully saturated rings. The summed E-state index contributed by atoms with van der Waals surface area (Å²) in [5, 5.41) is 11.9. The number of benzene rings is 4. The molecule has 184 valence electrons. The zero-order valence-electron chi connectivity index (χ0n) is 19.6. The Morgan fingerprint density at radius 3 is 2.32 bits per heavy atom.